The minimum absolute atomic E-state index is 0.784. The average Bonchev–Trinajstić information content (AvgIpc) is 3.61. The van der Waals surface area contributed by atoms with Crippen molar-refractivity contribution in [2.75, 3.05) is 6.54 Å². The Balaban J connectivity index is 1.55. The molecule has 34 heavy (non-hydrogen) atoms. The molecule has 0 bridgehead atoms. The number of pyridine rings is 2. The molecule has 5 aromatic rings. The van der Waals surface area contributed by atoms with Gasteiger partial charge in [-0.2, -0.15) is 5.10 Å². The molecular weight excluding hydrogens is 440 g/mol. The standard InChI is InChI=1S/C27H26N6S/c1-4-7-20(26-8-6-9-34-26)21-11-24(31-17(21)3)27-22-12-23(30-16-25(22)32-33-27)19-10-18(13-28-5-2)14-29-15-19/h4,6-12,14-16,28,31H,1,5,13H2,2-3H3,(H,32,33)/b20-7+. The highest BCUT2D eigenvalue weighted by molar-refractivity contribution is 7.11. The zero-order chi connectivity index (χ0) is 23.5. The number of nitrogens with zero attached hydrogens (tertiary/aromatic N) is 3. The van der Waals surface area contributed by atoms with E-state index in [0.717, 1.165) is 69.0 Å². The number of thiophene rings is 1. The number of hydrogen-bond donors (Lipinski definition) is 3. The fourth-order valence-corrected chi connectivity index (χ4v) is 4.86. The van der Waals surface area contributed by atoms with E-state index in [1.165, 1.54) is 4.88 Å². The van der Waals surface area contributed by atoms with Crippen molar-refractivity contribution in [2.24, 2.45) is 0 Å². The van der Waals surface area contributed by atoms with E-state index in [1.54, 1.807) is 11.3 Å². The average molecular weight is 467 g/mol. The fourth-order valence-electron chi connectivity index (χ4n) is 4.09. The molecule has 0 aliphatic heterocycles. The summed E-state index contributed by atoms with van der Waals surface area (Å²) in [6.45, 7) is 9.79. The van der Waals surface area contributed by atoms with Crippen LogP contribution >= 0.6 is 11.3 Å². The summed E-state index contributed by atoms with van der Waals surface area (Å²) in [7, 11) is 0. The lowest BCUT2D eigenvalue weighted by Crippen LogP contribution is -2.11. The van der Waals surface area contributed by atoms with Gasteiger partial charge in [0, 0.05) is 51.6 Å². The summed E-state index contributed by atoms with van der Waals surface area (Å²) >= 11 is 1.72. The summed E-state index contributed by atoms with van der Waals surface area (Å²) in [4.78, 5) is 13.8. The van der Waals surface area contributed by atoms with Crippen LogP contribution in [-0.2, 0) is 6.54 Å². The summed E-state index contributed by atoms with van der Waals surface area (Å²) in [5, 5.41) is 14.2. The minimum Gasteiger partial charge on any atom is -0.357 e. The van der Waals surface area contributed by atoms with Gasteiger partial charge in [0.2, 0.25) is 0 Å². The Labute approximate surface area is 202 Å². The van der Waals surface area contributed by atoms with Gasteiger partial charge in [0.15, 0.2) is 0 Å². The number of rotatable bonds is 8. The second-order valence-electron chi connectivity index (χ2n) is 8.06. The SMILES string of the molecule is C=C/C=C(/c1cccs1)c1cc(-c2n[nH]c3cnc(-c4cncc(CNCC)c4)cc23)[nH]c1C. The third-order valence-corrected chi connectivity index (χ3v) is 6.65. The molecule has 0 aliphatic carbocycles. The largest absolute Gasteiger partial charge is 0.357 e. The van der Waals surface area contributed by atoms with E-state index in [-0.39, 0.29) is 0 Å². The smallest absolute Gasteiger partial charge is 0.116 e. The molecule has 0 aliphatic rings. The second kappa shape index (κ2) is 9.59. The van der Waals surface area contributed by atoms with Crippen molar-refractivity contribution in [2.45, 2.75) is 20.4 Å². The van der Waals surface area contributed by atoms with Crippen LogP contribution in [-0.4, -0.2) is 31.7 Å². The Kier molecular flexibility index (Phi) is 6.20. The van der Waals surface area contributed by atoms with Crippen LogP contribution in [0.4, 0.5) is 0 Å². The van der Waals surface area contributed by atoms with Gasteiger partial charge in [-0.3, -0.25) is 15.1 Å². The fraction of sp³-hybridized carbons (Fsp3) is 0.148. The third-order valence-electron chi connectivity index (χ3n) is 5.75. The van der Waals surface area contributed by atoms with Crippen molar-refractivity contribution >= 4 is 27.8 Å². The molecule has 0 atom stereocenters. The van der Waals surface area contributed by atoms with E-state index in [2.05, 4.69) is 92.7 Å². The molecule has 0 saturated heterocycles. The number of hydrogen-bond acceptors (Lipinski definition) is 5. The molecule has 0 radical (unpaired) electrons. The van der Waals surface area contributed by atoms with Gasteiger partial charge in [-0.15, -0.1) is 11.3 Å². The van der Waals surface area contributed by atoms with Crippen LogP contribution in [0.1, 0.15) is 28.6 Å². The summed E-state index contributed by atoms with van der Waals surface area (Å²) in [6.07, 6.45) is 9.47. The zero-order valence-electron chi connectivity index (χ0n) is 19.2. The van der Waals surface area contributed by atoms with Gasteiger partial charge in [-0.25, -0.2) is 0 Å². The van der Waals surface area contributed by atoms with E-state index in [0.29, 0.717) is 0 Å². The van der Waals surface area contributed by atoms with Crippen LogP contribution in [0.25, 0.3) is 39.1 Å². The first-order valence-corrected chi connectivity index (χ1v) is 12.1. The van der Waals surface area contributed by atoms with Crippen LogP contribution in [0.15, 0.2) is 73.0 Å². The molecule has 5 aromatic heterocycles. The van der Waals surface area contributed by atoms with Gasteiger partial charge in [-0.1, -0.05) is 31.7 Å². The molecule has 0 unspecified atom stereocenters. The number of nitrogens with one attached hydrogen (secondary N) is 3. The van der Waals surface area contributed by atoms with Crippen LogP contribution < -0.4 is 5.32 Å². The lowest BCUT2D eigenvalue weighted by molar-refractivity contribution is 0.724. The van der Waals surface area contributed by atoms with Crippen molar-refractivity contribution in [3.63, 3.8) is 0 Å². The first-order chi connectivity index (χ1) is 16.7. The molecule has 170 valence electrons. The second-order valence-corrected chi connectivity index (χ2v) is 9.01. The molecule has 7 heteroatoms. The van der Waals surface area contributed by atoms with E-state index < -0.39 is 0 Å². The van der Waals surface area contributed by atoms with Crippen molar-refractivity contribution in [3.8, 4) is 22.6 Å². The normalized spacial score (nSPS) is 11.9. The van der Waals surface area contributed by atoms with E-state index in [9.17, 15) is 0 Å². The van der Waals surface area contributed by atoms with Gasteiger partial charge in [0.05, 0.1) is 23.1 Å². The molecule has 0 saturated carbocycles. The summed E-state index contributed by atoms with van der Waals surface area (Å²) < 4.78 is 0. The molecule has 0 spiro atoms. The maximum atomic E-state index is 4.65. The minimum atomic E-state index is 0.784. The van der Waals surface area contributed by atoms with E-state index in [1.807, 2.05) is 24.7 Å². The van der Waals surface area contributed by atoms with Crippen LogP contribution in [0.5, 0.6) is 0 Å². The highest BCUT2D eigenvalue weighted by Gasteiger charge is 2.17. The van der Waals surface area contributed by atoms with Gasteiger partial charge in [-0.05, 0) is 48.7 Å². The molecule has 0 amide bonds. The highest BCUT2D eigenvalue weighted by Crippen LogP contribution is 2.35. The maximum absolute atomic E-state index is 4.65. The molecule has 3 N–H and O–H groups in total. The van der Waals surface area contributed by atoms with Gasteiger partial charge in [0.1, 0.15) is 5.69 Å². The molecular formula is C27H26N6S. The quantitative estimate of drug-likeness (QED) is 0.241. The Morgan fingerprint density at radius 1 is 1.21 bits per heavy atom. The molecule has 5 rings (SSSR count). The predicted octanol–water partition coefficient (Wildman–Crippen LogP) is 6.11. The molecule has 6 nitrogen and oxygen atoms in total. The lowest BCUT2D eigenvalue weighted by atomic mass is 10.0. The maximum Gasteiger partial charge on any atom is 0.116 e. The number of aryl methyl sites for hydroxylation is 1. The molecule has 0 aromatic carbocycles. The summed E-state index contributed by atoms with van der Waals surface area (Å²) in [6, 6.07) is 10.6. The monoisotopic (exact) mass is 466 g/mol. The van der Waals surface area contributed by atoms with Crippen LogP contribution in [0.3, 0.4) is 0 Å². The summed E-state index contributed by atoms with van der Waals surface area (Å²) in [5.41, 5.74) is 9.09. The number of aromatic nitrogens is 5. The van der Waals surface area contributed by atoms with Crippen LogP contribution in [0.2, 0.25) is 0 Å². The van der Waals surface area contributed by atoms with Crippen molar-refractivity contribution in [1.82, 2.24) is 30.5 Å². The van der Waals surface area contributed by atoms with Gasteiger partial charge in [0.25, 0.3) is 0 Å². The topological polar surface area (TPSA) is 82.3 Å². The first kappa shape index (κ1) is 22.0. The van der Waals surface area contributed by atoms with E-state index in [4.69, 9.17) is 0 Å². The third kappa shape index (κ3) is 4.23. The lowest BCUT2D eigenvalue weighted by Gasteiger charge is -2.05. The van der Waals surface area contributed by atoms with Crippen molar-refractivity contribution < 1.29 is 0 Å². The first-order valence-electron chi connectivity index (χ1n) is 11.2. The number of H-pyrrole nitrogens is 2. The van der Waals surface area contributed by atoms with E-state index >= 15 is 0 Å². The van der Waals surface area contributed by atoms with Crippen molar-refractivity contribution in [1.29, 1.82) is 0 Å². The Hall–Kier alpha value is -3.81. The molecule has 5 heterocycles. The Morgan fingerprint density at radius 2 is 2.12 bits per heavy atom. The number of fused-ring (bicyclic) bond motifs is 1. The predicted molar refractivity (Wildman–Crippen MR) is 141 cm³/mol. The number of allylic oxidation sites excluding steroid dienone is 2. The zero-order valence-corrected chi connectivity index (χ0v) is 20.0. The van der Waals surface area contributed by atoms with Crippen molar-refractivity contribution in [3.05, 3.63) is 94.7 Å². The Morgan fingerprint density at radius 3 is 2.91 bits per heavy atom. The number of aromatic amines is 2. The summed E-state index contributed by atoms with van der Waals surface area (Å²) in [5.74, 6) is 0. The van der Waals surface area contributed by atoms with Crippen LogP contribution in [0, 0.1) is 6.92 Å². The highest BCUT2D eigenvalue weighted by atomic mass is 32.1. The molecule has 0 fully saturated rings. The van der Waals surface area contributed by atoms with Gasteiger partial charge >= 0.3 is 0 Å². The Bertz CT molecular complexity index is 1470. The van der Waals surface area contributed by atoms with Gasteiger partial charge < -0.3 is 10.3 Å².